The summed E-state index contributed by atoms with van der Waals surface area (Å²) in [7, 11) is 1.50. The van der Waals surface area contributed by atoms with Crippen molar-refractivity contribution in [2.24, 2.45) is 0 Å². The molecular weight excluding hydrogens is 420 g/mol. The third kappa shape index (κ3) is 3.44. The van der Waals surface area contributed by atoms with Gasteiger partial charge in [0.05, 0.1) is 30.7 Å². The SMILES string of the molecule is CCn1c(=O)c2c(ncn2CC(=O)c2ccccc2Cl)n(-c2ccccc2OC)c1=O. The Morgan fingerprint density at radius 2 is 1.81 bits per heavy atom. The Morgan fingerprint density at radius 1 is 1.10 bits per heavy atom. The van der Waals surface area contributed by atoms with Gasteiger partial charge in [-0.25, -0.2) is 14.3 Å². The fourth-order valence-electron chi connectivity index (χ4n) is 3.54. The van der Waals surface area contributed by atoms with E-state index < -0.39 is 11.2 Å². The lowest BCUT2D eigenvalue weighted by atomic mass is 10.1. The van der Waals surface area contributed by atoms with Crippen LogP contribution in [0.2, 0.25) is 5.02 Å². The average Bonchev–Trinajstić information content (AvgIpc) is 3.18. The minimum absolute atomic E-state index is 0.146. The largest absolute Gasteiger partial charge is 0.495 e. The number of para-hydroxylation sites is 2. The highest BCUT2D eigenvalue weighted by Gasteiger charge is 2.22. The number of aromatic nitrogens is 4. The number of imidazole rings is 1. The predicted molar refractivity (Wildman–Crippen MR) is 118 cm³/mol. The molecule has 0 fully saturated rings. The minimum atomic E-state index is -0.535. The molecule has 0 unspecified atom stereocenters. The van der Waals surface area contributed by atoms with Gasteiger partial charge in [0.25, 0.3) is 5.56 Å². The van der Waals surface area contributed by atoms with E-state index in [1.165, 1.54) is 22.6 Å². The van der Waals surface area contributed by atoms with Gasteiger partial charge >= 0.3 is 5.69 Å². The summed E-state index contributed by atoms with van der Waals surface area (Å²) < 4.78 is 9.28. The van der Waals surface area contributed by atoms with Gasteiger partial charge in [-0.15, -0.1) is 0 Å². The lowest BCUT2D eigenvalue weighted by molar-refractivity contribution is 0.0973. The van der Waals surface area contributed by atoms with Crippen LogP contribution in [0.1, 0.15) is 17.3 Å². The molecule has 8 nitrogen and oxygen atoms in total. The third-order valence-electron chi connectivity index (χ3n) is 5.03. The van der Waals surface area contributed by atoms with Crippen molar-refractivity contribution in [2.45, 2.75) is 20.0 Å². The van der Waals surface area contributed by atoms with Crippen molar-refractivity contribution in [3.8, 4) is 11.4 Å². The van der Waals surface area contributed by atoms with Gasteiger partial charge in [0.2, 0.25) is 0 Å². The number of hydrogen-bond donors (Lipinski definition) is 0. The highest BCUT2D eigenvalue weighted by Crippen LogP contribution is 2.23. The van der Waals surface area contributed by atoms with E-state index in [9.17, 15) is 14.4 Å². The van der Waals surface area contributed by atoms with Crippen LogP contribution in [0.15, 0.2) is 64.4 Å². The first-order valence-corrected chi connectivity index (χ1v) is 9.97. The molecule has 2 aromatic heterocycles. The molecule has 0 spiro atoms. The molecule has 0 saturated carbocycles. The van der Waals surface area contributed by atoms with E-state index >= 15 is 0 Å². The molecule has 0 N–H and O–H groups in total. The number of methoxy groups -OCH3 is 1. The van der Waals surface area contributed by atoms with Gasteiger partial charge < -0.3 is 9.30 Å². The van der Waals surface area contributed by atoms with Crippen LogP contribution < -0.4 is 16.0 Å². The molecule has 4 rings (SSSR count). The molecule has 0 aliphatic rings. The smallest absolute Gasteiger partial charge is 0.337 e. The second-order valence-electron chi connectivity index (χ2n) is 6.79. The molecule has 0 atom stereocenters. The summed E-state index contributed by atoms with van der Waals surface area (Å²) in [6.45, 7) is 1.71. The van der Waals surface area contributed by atoms with Gasteiger partial charge in [-0.2, -0.15) is 0 Å². The van der Waals surface area contributed by atoms with Crippen LogP contribution in [-0.2, 0) is 13.1 Å². The molecule has 2 aromatic carbocycles. The van der Waals surface area contributed by atoms with Gasteiger partial charge in [0.15, 0.2) is 16.9 Å². The fourth-order valence-corrected chi connectivity index (χ4v) is 3.78. The molecule has 31 heavy (non-hydrogen) atoms. The monoisotopic (exact) mass is 438 g/mol. The molecule has 158 valence electrons. The highest BCUT2D eigenvalue weighted by molar-refractivity contribution is 6.33. The van der Waals surface area contributed by atoms with Crippen molar-refractivity contribution in [2.75, 3.05) is 7.11 Å². The van der Waals surface area contributed by atoms with Gasteiger partial charge in [-0.05, 0) is 31.2 Å². The summed E-state index contributed by atoms with van der Waals surface area (Å²) in [5.74, 6) is 0.177. The van der Waals surface area contributed by atoms with Crippen LogP contribution >= 0.6 is 11.6 Å². The number of halogens is 1. The second-order valence-corrected chi connectivity index (χ2v) is 7.19. The molecule has 9 heteroatoms. The minimum Gasteiger partial charge on any atom is -0.495 e. The summed E-state index contributed by atoms with van der Waals surface area (Å²) >= 11 is 6.14. The maximum absolute atomic E-state index is 13.1. The van der Waals surface area contributed by atoms with Crippen molar-refractivity contribution < 1.29 is 9.53 Å². The van der Waals surface area contributed by atoms with E-state index in [0.717, 1.165) is 4.57 Å². The number of nitrogens with zero attached hydrogens (tertiary/aromatic N) is 4. The maximum atomic E-state index is 13.1. The predicted octanol–water partition coefficient (Wildman–Crippen LogP) is 2.91. The van der Waals surface area contributed by atoms with E-state index in [-0.39, 0.29) is 30.0 Å². The van der Waals surface area contributed by atoms with Gasteiger partial charge in [-0.3, -0.25) is 14.2 Å². The number of ketones is 1. The number of Topliss-reactive ketones (excluding diaryl/α,β-unsaturated/α-hetero) is 1. The van der Waals surface area contributed by atoms with E-state index in [1.54, 1.807) is 55.5 Å². The quantitative estimate of drug-likeness (QED) is 0.432. The molecular formula is C22H19ClN4O4. The number of benzene rings is 2. The zero-order valence-corrected chi connectivity index (χ0v) is 17.7. The summed E-state index contributed by atoms with van der Waals surface area (Å²) in [6.07, 6.45) is 1.38. The molecule has 2 heterocycles. The topological polar surface area (TPSA) is 88.1 Å². The van der Waals surface area contributed by atoms with Crippen LogP contribution in [0.5, 0.6) is 5.75 Å². The molecule has 0 amide bonds. The number of fused-ring (bicyclic) bond motifs is 1. The summed E-state index contributed by atoms with van der Waals surface area (Å²) in [5.41, 5.74) is 0.0407. The number of hydrogen-bond acceptors (Lipinski definition) is 5. The summed E-state index contributed by atoms with van der Waals surface area (Å²) in [5, 5.41) is 0.328. The van der Waals surface area contributed by atoms with Crippen LogP contribution in [-0.4, -0.2) is 31.6 Å². The summed E-state index contributed by atoms with van der Waals surface area (Å²) in [6, 6.07) is 13.7. The number of carbonyl (C=O) groups excluding carboxylic acids is 1. The number of carbonyl (C=O) groups is 1. The Hall–Kier alpha value is -3.65. The average molecular weight is 439 g/mol. The van der Waals surface area contributed by atoms with Gasteiger partial charge in [0.1, 0.15) is 5.75 Å². The van der Waals surface area contributed by atoms with Crippen LogP contribution in [0.25, 0.3) is 16.9 Å². The van der Waals surface area contributed by atoms with E-state index in [0.29, 0.717) is 22.0 Å². The molecule has 0 saturated heterocycles. The van der Waals surface area contributed by atoms with Crippen molar-refractivity contribution in [1.82, 2.24) is 18.7 Å². The second kappa shape index (κ2) is 8.23. The fraction of sp³-hybridized carbons (Fsp3) is 0.182. The zero-order valence-electron chi connectivity index (χ0n) is 16.9. The van der Waals surface area contributed by atoms with Crippen LogP contribution in [0.4, 0.5) is 0 Å². The first-order chi connectivity index (χ1) is 15.0. The highest BCUT2D eigenvalue weighted by atomic mass is 35.5. The number of ether oxygens (including phenoxy) is 1. The molecule has 0 radical (unpaired) electrons. The van der Waals surface area contributed by atoms with Crippen molar-refractivity contribution in [3.05, 3.63) is 86.3 Å². The maximum Gasteiger partial charge on any atom is 0.337 e. The Kier molecular flexibility index (Phi) is 5.48. The molecule has 0 bridgehead atoms. The van der Waals surface area contributed by atoms with Crippen molar-refractivity contribution in [1.29, 1.82) is 0 Å². The standard InChI is InChI=1S/C22H19ClN4O4/c1-3-26-21(29)19-20(27(22(26)30)16-10-6-7-11-18(16)31-2)24-13-25(19)12-17(28)14-8-4-5-9-15(14)23/h4-11,13H,3,12H2,1-2H3. The van der Waals surface area contributed by atoms with Gasteiger partial charge in [-0.1, -0.05) is 35.9 Å². The van der Waals surface area contributed by atoms with E-state index in [2.05, 4.69) is 4.98 Å². The molecule has 4 aromatic rings. The zero-order chi connectivity index (χ0) is 22.1. The first-order valence-electron chi connectivity index (χ1n) is 9.59. The van der Waals surface area contributed by atoms with Crippen LogP contribution in [0, 0.1) is 0 Å². The van der Waals surface area contributed by atoms with E-state index in [1.807, 2.05) is 0 Å². The first kappa shape index (κ1) is 20.6. The third-order valence-corrected chi connectivity index (χ3v) is 5.36. The van der Waals surface area contributed by atoms with Crippen LogP contribution in [0.3, 0.4) is 0 Å². The van der Waals surface area contributed by atoms with Crippen molar-refractivity contribution >= 4 is 28.5 Å². The Bertz CT molecular complexity index is 1420. The molecule has 0 aliphatic carbocycles. The lowest BCUT2D eigenvalue weighted by Crippen LogP contribution is -2.39. The lowest BCUT2D eigenvalue weighted by Gasteiger charge is -2.14. The Balaban J connectivity index is 1.95. The van der Waals surface area contributed by atoms with Crippen molar-refractivity contribution in [3.63, 3.8) is 0 Å². The Morgan fingerprint density at radius 3 is 2.52 bits per heavy atom. The van der Waals surface area contributed by atoms with Gasteiger partial charge in [0, 0.05) is 12.1 Å². The van der Waals surface area contributed by atoms with E-state index in [4.69, 9.17) is 16.3 Å². The Labute approximate surface area is 181 Å². The molecule has 0 aliphatic heterocycles. The normalized spacial score (nSPS) is 11.1. The summed E-state index contributed by atoms with van der Waals surface area (Å²) in [4.78, 5) is 43.4. The number of rotatable bonds is 6.